The normalized spacial score (nSPS) is 27.9. The lowest BCUT2D eigenvalue weighted by molar-refractivity contribution is 0.114. The van der Waals surface area contributed by atoms with Gasteiger partial charge in [0.05, 0.1) is 0 Å². The standard InChI is InChI=1S/C14H25N5S/c1-10(2)19-13(15-16-14(19)20)18-9-12-6-4-5-7-17(12)8-11(18)3/h10-12H,4-9H2,1-3H3,(H,16,20). The van der Waals surface area contributed by atoms with Gasteiger partial charge in [-0.05, 0) is 52.4 Å². The Hall–Kier alpha value is -0.880. The second kappa shape index (κ2) is 5.48. The molecule has 5 nitrogen and oxygen atoms in total. The van der Waals surface area contributed by atoms with Crippen molar-refractivity contribution in [1.82, 2.24) is 19.7 Å². The van der Waals surface area contributed by atoms with Gasteiger partial charge in [-0.15, -0.1) is 5.10 Å². The SMILES string of the molecule is CC1CN2CCCCC2CN1c1n[nH]c(=S)n1C(C)C. The van der Waals surface area contributed by atoms with Crippen LogP contribution in [0.5, 0.6) is 0 Å². The zero-order valence-electron chi connectivity index (χ0n) is 12.7. The molecular formula is C14H25N5S. The van der Waals surface area contributed by atoms with E-state index in [1.54, 1.807) is 0 Å². The molecule has 1 N–H and O–H groups in total. The fourth-order valence-electron chi connectivity index (χ4n) is 3.60. The van der Waals surface area contributed by atoms with E-state index in [-0.39, 0.29) is 0 Å². The van der Waals surface area contributed by atoms with Crippen molar-refractivity contribution in [3.05, 3.63) is 4.77 Å². The van der Waals surface area contributed by atoms with Crippen molar-refractivity contribution in [2.75, 3.05) is 24.5 Å². The molecular weight excluding hydrogens is 270 g/mol. The number of H-pyrrole nitrogens is 1. The van der Waals surface area contributed by atoms with Gasteiger partial charge in [0, 0.05) is 31.2 Å². The molecule has 2 saturated heterocycles. The average molecular weight is 295 g/mol. The van der Waals surface area contributed by atoms with Gasteiger partial charge >= 0.3 is 0 Å². The molecule has 0 bridgehead atoms. The van der Waals surface area contributed by atoms with E-state index >= 15 is 0 Å². The van der Waals surface area contributed by atoms with Crippen LogP contribution in [0.4, 0.5) is 5.95 Å². The Morgan fingerprint density at radius 2 is 2.10 bits per heavy atom. The Morgan fingerprint density at radius 3 is 2.85 bits per heavy atom. The van der Waals surface area contributed by atoms with E-state index in [9.17, 15) is 0 Å². The summed E-state index contributed by atoms with van der Waals surface area (Å²) in [6.07, 6.45) is 4.03. The first-order valence-electron chi connectivity index (χ1n) is 7.75. The third-order valence-electron chi connectivity index (χ3n) is 4.65. The number of nitrogens with zero attached hydrogens (tertiary/aromatic N) is 4. The maximum atomic E-state index is 5.38. The molecule has 2 aliphatic heterocycles. The summed E-state index contributed by atoms with van der Waals surface area (Å²) in [5.41, 5.74) is 0. The summed E-state index contributed by atoms with van der Waals surface area (Å²) in [6.45, 7) is 10.1. The number of piperidine rings is 1. The van der Waals surface area contributed by atoms with Gasteiger partial charge in [-0.25, -0.2) is 5.10 Å². The maximum absolute atomic E-state index is 5.38. The molecule has 0 spiro atoms. The molecule has 3 rings (SSSR count). The minimum absolute atomic E-state index is 0.341. The largest absolute Gasteiger partial charge is 0.335 e. The molecule has 20 heavy (non-hydrogen) atoms. The number of hydrogen-bond donors (Lipinski definition) is 1. The quantitative estimate of drug-likeness (QED) is 0.851. The molecule has 1 aromatic rings. The Labute approximate surface area is 126 Å². The highest BCUT2D eigenvalue weighted by atomic mass is 32.1. The summed E-state index contributed by atoms with van der Waals surface area (Å²) in [6, 6.07) is 1.52. The summed E-state index contributed by atoms with van der Waals surface area (Å²) in [4.78, 5) is 5.10. The summed E-state index contributed by atoms with van der Waals surface area (Å²) in [5.74, 6) is 1.02. The first-order chi connectivity index (χ1) is 9.58. The van der Waals surface area contributed by atoms with Gasteiger partial charge in [-0.2, -0.15) is 0 Å². The first-order valence-corrected chi connectivity index (χ1v) is 8.16. The van der Waals surface area contributed by atoms with Crippen molar-refractivity contribution in [3.8, 4) is 0 Å². The van der Waals surface area contributed by atoms with Gasteiger partial charge in [0.1, 0.15) is 0 Å². The third kappa shape index (κ3) is 2.39. The number of nitrogens with one attached hydrogen (secondary N) is 1. The van der Waals surface area contributed by atoms with Gasteiger partial charge in [0.15, 0.2) is 4.77 Å². The average Bonchev–Trinajstić information content (AvgIpc) is 2.79. The minimum atomic E-state index is 0.341. The van der Waals surface area contributed by atoms with Gasteiger partial charge in [-0.3, -0.25) is 9.47 Å². The topological polar surface area (TPSA) is 40.1 Å². The maximum Gasteiger partial charge on any atom is 0.226 e. The van der Waals surface area contributed by atoms with Crippen molar-refractivity contribution < 1.29 is 0 Å². The number of fused-ring (bicyclic) bond motifs is 1. The van der Waals surface area contributed by atoms with Crippen LogP contribution in [-0.4, -0.2) is 51.4 Å². The van der Waals surface area contributed by atoms with E-state index in [4.69, 9.17) is 12.2 Å². The molecule has 0 radical (unpaired) electrons. The van der Waals surface area contributed by atoms with Gasteiger partial charge < -0.3 is 4.90 Å². The van der Waals surface area contributed by atoms with Crippen LogP contribution in [-0.2, 0) is 0 Å². The van der Waals surface area contributed by atoms with E-state index in [1.807, 2.05) is 0 Å². The summed E-state index contributed by atoms with van der Waals surface area (Å²) >= 11 is 5.38. The predicted octanol–water partition coefficient (Wildman–Crippen LogP) is 2.58. The molecule has 0 aliphatic carbocycles. The van der Waals surface area contributed by atoms with E-state index in [2.05, 4.69) is 45.3 Å². The summed E-state index contributed by atoms with van der Waals surface area (Å²) < 4.78 is 2.87. The van der Waals surface area contributed by atoms with Crippen molar-refractivity contribution >= 4 is 18.2 Å². The molecule has 2 fully saturated rings. The van der Waals surface area contributed by atoms with Crippen LogP contribution < -0.4 is 4.90 Å². The molecule has 2 atom stereocenters. The van der Waals surface area contributed by atoms with Gasteiger partial charge in [0.25, 0.3) is 0 Å². The van der Waals surface area contributed by atoms with Crippen LogP contribution in [0.2, 0.25) is 0 Å². The Morgan fingerprint density at radius 1 is 1.30 bits per heavy atom. The first kappa shape index (κ1) is 14.1. The number of hydrogen-bond acceptors (Lipinski definition) is 4. The lowest BCUT2D eigenvalue weighted by Gasteiger charge is -2.47. The molecule has 112 valence electrons. The van der Waals surface area contributed by atoms with Crippen LogP contribution in [0.15, 0.2) is 0 Å². The predicted molar refractivity (Wildman–Crippen MR) is 83.8 cm³/mol. The van der Waals surface area contributed by atoms with E-state index in [0.717, 1.165) is 23.8 Å². The Bertz CT molecular complexity index is 520. The molecule has 2 unspecified atom stereocenters. The molecule has 0 aromatic carbocycles. The van der Waals surface area contributed by atoms with Gasteiger partial charge in [0.2, 0.25) is 5.95 Å². The molecule has 6 heteroatoms. The fourth-order valence-corrected chi connectivity index (χ4v) is 3.93. The zero-order valence-corrected chi connectivity index (χ0v) is 13.5. The smallest absolute Gasteiger partial charge is 0.226 e. The summed E-state index contributed by atoms with van der Waals surface area (Å²) in [7, 11) is 0. The van der Waals surface area contributed by atoms with Crippen molar-refractivity contribution in [2.24, 2.45) is 0 Å². The number of piperazine rings is 1. The monoisotopic (exact) mass is 295 g/mol. The second-order valence-electron chi connectivity index (χ2n) is 6.44. The zero-order chi connectivity index (χ0) is 14.3. The highest BCUT2D eigenvalue weighted by Gasteiger charge is 2.35. The van der Waals surface area contributed by atoms with Gasteiger partial charge in [-0.1, -0.05) is 6.42 Å². The van der Waals surface area contributed by atoms with Crippen LogP contribution in [0.1, 0.15) is 46.1 Å². The Balaban J connectivity index is 1.88. The molecule has 3 heterocycles. The van der Waals surface area contributed by atoms with E-state index in [0.29, 0.717) is 18.1 Å². The van der Waals surface area contributed by atoms with E-state index in [1.165, 1.54) is 25.8 Å². The lowest BCUT2D eigenvalue weighted by Crippen LogP contribution is -2.59. The van der Waals surface area contributed by atoms with Crippen LogP contribution >= 0.6 is 12.2 Å². The van der Waals surface area contributed by atoms with Crippen LogP contribution in [0.3, 0.4) is 0 Å². The number of anilines is 1. The number of rotatable bonds is 2. The van der Waals surface area contributed by atoms with Crippen molar-refractivity contribution in [2.45, 2.75) is 58.2 Å². The Kier molecular flexibility index (Phi) is 3.86. The minimum Gasteiger partial charge on any atom is -0.335 e. The van der Waals surface area contributed by atoms with E-state index < -0.39 is 0 Å². The number of aromatic amines is 1. The fraction of sp³-hybridized carbons (Fsp3) is 0.857. The lowest BCUT2D eigenvalue weighted by atomic mass is 9.97. The highest BCUT2D eigenvalue weighted by molar-refractivity contribution is 7.71. The molecule has 1 aromatic heterocycles. The van der Waals surface area contributed by atoms with Crippen LogP contribution in [0.25, 0.3) is 0 Å². The second-order valence-corrected chi connectivity index (χ2v) is 6.83. The molecule has 2 aliphatic rings. The molecule has 0 amide bonds. The van der Waals surface area contributed by atoms with Crippen LogP contribution in [0, 0.1) is 4.77 Å². The third-order valence-corrected chi connectivity index (χ3v) is 4.93. The summed E-state index contributed by atoms with van der Waals surface area (Å²) in [5, 5.41) is 7.47. The highest BCUT2D eigenvalue weighted by Crippen LogP contribution is 2.28. The van der Waals surface area contributed by atoms with Crippen molar-refractivity contribution in [1.29, 1.82) is 0 Å². The van der Waals surface area contributed by atoms with Crippen molar-refractivity contribution in [3.63, 3.8) is 0 Å². The molecule has 0 saturated carbocycles. The number of aromatic nitrogens is 3.